The molecule has 4 nitrogen and oxygen atoms in total. The highest BCUT2D eigenvalue weighted by Crippen LogP contribution is 2.15. The Kier molecular flexibility index (Phi) is 5.00. The predicted molar refractivity (Wildman–Crippen MR) is 98.1 cm³/mol. The lowest BCUT2D eigenvalue weighted by Crippen LogP contribution is -2.38. The van der Waals surface area contributed by atoms with Crippen molar-refractivity contribution >= 4 is 29.5 Å². The Bertz CT molecular complexity index is 966. The van der Waals surface area contributed by atoms with Gasteiger partial charge in [-0.05, 0) is 43.5 Å². The van der Waals surface area contributed by atoms with Gasteiger partial charge in [-0.25, -0.2) is 4.99 Å². The Morgan fingerprint density at radius 1 is 1.16 bits per heavy atom. The number of halogens is 1. The van der Waals surface area contributed by atoms with Crippen LogP contribution < -0.4 is 15.9 Å². The van der Waals surface area contributed by atoms with E-state index in [2.05, 4.69) is 10.3 Å². The van der Waals surface area contributed by atoms with E-state index in [0.29, 0.717) is 23.6 Å². The summed E-state index contributed by atoms with van der Waals surface area (Å²) in [5, 5.41) is 5.01. The van der Waals surface area contributed by atoms with Crippen molar-refractivity contribution in [3.8, 4) is 0 Å². The fourth-order valence-corrected chi connectivity index (χ4v) is 3.15. The number of benzene rings is 2. The Balaban J connectivity index is 1.71. The molecule has 0 saturated carbocycles. The molecule has 1 aliphatic rings. The van der Waals surface area contributed by atoms with E-state index in [-0.39, 0.29) is 17.7 Å². The molecule has 2 aromatic carbocycles. The smallest absolute Gasteiger partial charge is 0.253 e. The van der Waals surface area contributed by atoms with Crippen molar-refractivity contribution in [2.45, 2.75) is 20.3 Å². The molecule has 0 aromatic heterocycles. The van der Waals surface area contributed by atoms with E-state index in [4.69, 9.17) is 11.6 Å². The number of rotatable bonds is 4. The Labute approximate surface area is 151 Å². The molecule has 0 bridgehead atoms. The standard InChI is InChI=1S/C20H19ClN2O2/c1-12-7-8-13(2)18-16(12)11-14(19(24)23-18)9-10-22-20(25)15-5-3-4-6-17(15)21/h3-8,11,14H,9-10H2,1-2H3,(H,22,25). The second-order valence-corrected chi connectivity index (χ2v) is 6.62. The van der Waals surface area contributed by atoms with Crippen molar-refractivity contribution in [1.82, 2.24) is 5.32 Å². The van der Waals surface area contributed by atoms with Crippen LogP contribution in [0, 0.1) is 19.8 Å². The van der Waals surface area contributed by atoms with Crippen molar-refractivity contribution in [3.63, 3.8) is 0 Å². The number of fused-ring (bicyclic) bond motifs is 1. The highest BCUT2D eigenvalue weighted by Gasteiger charge is 2.20. The van der Waals surface area contributed by atoms with Gasteiger partial charge in [-0.1, -0.05) is 41.9 Å². The zero-order valence-corrected chi connectivity index (χ0v) is 14.9. The van der Waals surface area contributed by atoms with Gasteiger partial charge in [0.25, 0.3) is 11.8 Å². The van der Waals surface area contributed by atoms with Gasteiger partial charge in [-0.3, -0.25) is 9.59 Å². The van der Waals surface area contributed by atoms with Crippen molar-refractivity contribution < 1.29 is 9.59 Å². The Morgan fingerprint density at radius 3 is 2.64 bits per heavy atom. The maximum Gasteiger partial charge on any atom is 0.253 e. The Hall–Kier alpha value is -2.46. The van der Waals surface area contributed by atoms with Crippen LogP contribution in [-0.4, -0.2) is 18.4 Å². The van der Waals surface area contributed by atoms with Gasteiger partial charge >= 0.3 is 0 Å². The molecule has 25 heavy (non-hydrogen) atoms. The van der Waals surface area contributed by atoms with Crippen LogP contribution in [0.25, 0.3) is 6.08 Å². The molecule has 1 aliphatic heterocycles. The molecule has 0 aliphatic carbocycles. The summed E-state index contributed by atoms with van der Waals surface area (Å²) in [6.45, 7) is 4.34. The lowest BCUT2D eigenvalue weighted by Gasteiger charge is -2.14. The number of hydrogen-bond acceptors (Lipinski definition) is 2. The Morgan fingerprint density at radius 2 is 1.88 bits per heavy atom. The van der Waals surface area contributed by atoms with E-state index < -0.39 is 0 Å². The van der Waals surface area contributed by atoms with E-state index in [1.54, 1.807) is 24.3 Å². The molecule has 0 saturated heterocycles. The van der Waals surface area contributed by atoms with E-state index in [0.717, 1.165) is 21.7 Å². The predicted octanol–water partition coefficient (Wildman–Crippen LogP) is 2.33. The van der Waals surface area contributed by atoms with Crippen LogP contribution in [0.15, 0.2) is 41.4 Å². The molecule has 1 atom stereocenters. The summed E-state index contributed by atoms with van der Waals surface area (Å²) in [5.74, 6) is -0.717. The minimum Gasteiger partial charge on any atom is -0.352 e. The van der Waals surface area contributed by atoms with E-state index >= 15 is 0 Å². The van der Waals surface area contributed by atoms with Crippen LogP contribution in [0.1, 0.15) is 27.9 Å². The van der Waals surface area contributed by atoms with Gasteiger partial charge < -0.3 is 5.32 Å². The van der Waals surface area contributed by atoms with E-state index in [1.165, 1.54) is 0 Å². The third-order valence-corrected chi connectivity index (χ3v) is 4.73. The number of carbonyl (C=O) groups is 2. The molecule has 1 heterocycles. The normalized spacial score (nSPS) is 15.8. The van der Waals surface area contributed by atoms with Gasteiger partial charge in [-0.15, -0.1) is 0 Å². The molecule has 0 spiro atoms. The monoisotopic (exact) mass is 354 g/mol. The first kappa shape index (κ1) is 17.4. The maximum absolute atomic E-state index is 12.3. The van der Waals surface area contributed by atoms with Crippen molar-refractivity contribution in [2.24, 2.45) is 10.9 Å². The molecule has 3 rings (SSSR count). The lowest BCUT2D eigenvalue weighted by molar-refractivity contribution is -0.120. The summed E-state index contributed by atoms with van der Waals surface area (Å²) in [6.07, 6.45) is 2.47. The van der Waals surface area contributed by atoms with Crippen LogP contribution in [0.2, 0.25) is 5.02 Å². The fraction of sp³-hybridized carbons (Fsp3) is 0.250. The van der Waals surface area contributed by atoms with Crippen LogP contribution in [-0.2, 0) is 4.79 Å². The summed E-state index contributed by atoms with van der Waals surface area (Å²) in [6, 6.07) is 10.9. The molecule has 1 unspecified atom stereocenters. The van der Waals surface area contributed by atoms with Gasteiger partial charge in [0.15, 0.2) is 0 Å². The molecule has 128 valence electrons. The number of nitrogens with one attached hydrogen (secondary N) is 1. The number of amides is 2. The van der Waals surface area contributed by atoms with Crippen molar-refractivity contribution in [2.75, 3.05) is 6.54 Å². The van der Waals surface area contributed by atoms with Crippen LogP contribution in [0.3, 0.4) is 0 Å². The minimum atomic E-state index is -0.320. The van der Waals surface area contributed by atoms with Crippen LogP contribution in [0.4, 0.5) is 0 Å². The molecule has 2 aromatic rings. The van der Waals surface area contributed by atoms with Crippen molar-refractivity contribution in [1.29, 1.82) is 0 Å². The minimum absolute atomic E-state index is 0.159. The summed E-state index contributed by atoms with van der Waals surface area (Å²) in [7, 11) is 0. The number of hydrogen-bond donors (Lipinski definition) is 1. The first-order valence-corrected chi connectivity index (χ1v) is 8.58. The second-order valence-electron chi connectivity index (χ2n) is 6.21. The number of nitrogens with zero attached hydrogens (tertiary/aromatic N) is 1. The molecule has 1 N–H and O–H groups in total. The zero-order valence-electron chi connectivity index (χ0n) is 14.2. The summed E-state index contributed by atoms with van der Waals surface area (Å²) >= 11 is 6.02. The molecular formula is C20H19ClN2O2. The van der Waals surface area contributed by atoms with E-state index in [9.17, 15) is 9.59 Å². The average molecular weight is 355 g/mol. The van der Waals surface area contributed by atoms with Crippen LogP contribution in [0.5, 0.6) is 0 Å². The largest absolute Gasteiger partial charge is 0.352 e. The molecular weight excluding hydrogens is 336 g/mol. The summed E-state index contributed by atoms with van der Waals surface area (Å²) < 4.78 is 0. The highest BCUT2D eigenvalue weighted by molar-refractivity contribution is 6.33. The van der Waals surface area contributed by atoms with Gasteiger partial charge in [0.05, 0.1) is 21.9 Å². The summed E-state index contributed by atoms with van der Waals surface area (Å²) in [4.78, 5) is 28.7. The maximum atomic E-state index is 12.3. The first-order chi connectivity index (χ1) is 12.0. The van der Waals surface area contributed by atoms with Crippen LogP contribution >= 0.6 is 11.6 Å². The van der Waals surface area contributed by atoms with Gasteiger partial charge in [0.1, 0.15) is 0 Å². The summed E-state index contributed by atoms with van der Waals surface area (Å²) in [5.41, 5.74) is 2.53. The highest BCUT2D eigenvalue weighted by atomic mass is 35.5. The third kappa shape index (κ3) is 3.64. The first-order valence-electron chi connectivity index (χ1n) is 8.20. The number of aryl methyl sites for hydroxylation is 2. The fourth-order valence-electron chi connectivity index (χ4n) is 2.93. The molecule has 2 amide bonds. The quantitative estimate of drug-likeness (QED) is 0.916. The lowest BCUT2D eigenvalue weighted by atomic mass is 9.97. The van der Waals surface area contributed by atoms with E-state index in [1.807, 2.05) is 32.1 Å². The molecule has 0 fully saturated rings. The SMILES string of the molecule is Cc1ccc(C)c2c1=CC(CCNC(=O)c1ccccc1Cl)C(=O)N=2. The number of carbonyl (C=O) groups excluding carboxylic acids is 2. The average Bonchev–Trinajstić information content (AvgIpc) is 2.59. The third-order valence-electron chi connectivity index (χ3n) is 4.40. The second kappa shape index (κ2) is 7.19. The zero-order chi connectivity index (χ0) is 18.0. The molecule has 0 radical (unpaired) electrons. The topological polar surface area (TPSA) is 58.5 Å². The van der Waals surface area contributed by atoms with Gasteiger partial charge in [0, 0.05) is 11.8 Å². The van der Waals surface area contributed by atoms with Gasteiger partial charge in [-0.2, -0.15) is 0 Å². The molecule has 5 heteroatoms. The van der Waals surface area contributed by atoms with Gasteiger partial charge in [0.2, 0.25) is 0 Å². The van der Waals surface area contributed by atoms with Crippen molar-refractivity contribution in [3.05, 3.63) is 68.7 Å².